The van der Waals surface area contributed by atoms with Crippen LogP contribution >= 0.6 is 0 Å². The van der Waals surface area contributed by atoms with Crippen LogP contribution in [0.25, 0.3) is 0 Å². The fraction of sp³-hybridized carbons (Fsp3) is 0.533. The first-order chi connectivity index (χ1) is 9.81. The van der Waals surface area contributed by atoms with Gasteiger partial charge in [0.1, 0.15) is 0 Å². The van der Waals surface area contributed by atoms with Crippen LogP contribution in [0.5, 0.6) is 11.5 Å². The number of nitrogens with one attached hydrogen (secondary N) is 2. The molecule has 5 heteroatoms. The van der Waals surface area contributed by atoms with Crippen LogP contribution in [0.15, 0.2) is 18.2 Å². The van der Waals surface area contributed by atoms with Crippen molar-refractivity contribution in [3.05, 3.63) is 18.2 Å². The fourth-order valence-electron chi connectivity index (χ4n) is 2.16. The van der Waals surface area contributed by atoms with Crippen LogP contribution in [-0.4, -0.2) is 32.2 Å². The molecule has 0 radical (unpaired) electrons. The molecule has 2 N–H and O–H groups in total. The average Bonchev–Trinajstić information content (AvgIpc) is 3.24. The molecule has 1 saturated carbocycles. The molecule has 1 aliphatic heterocycles. The summed E-state index contributed by atoms with van der Waals surface area (Å²) in [5.41, 5.74) is 0.743. The molecule has 0 atom stereocenters. The second kappa shape index (κ2) is 6.13. The first kappa shape index (κ1) is 13.2. The number of fused-ring (bicyclic) bond motifs is 1. The van der Waals surface area contributed by atoms with E-state index < -0.39 is 0 Å². The highest BCUT2D eigenvalue weighted by atomic mass is 16.5. The molecule has 1 fully saturated rings. The highest BCUT2D eigenvalue weighted by Gasteiger charge is 2.20. The zero-order valence-electron chi connectivity index (χ0n) is 11.5. The standard InChI is InChI=1S/C15H20N2O3/c18-15(10-16-9-11-2-3-11)17-12-4-5-13-14(8-12)20-7-1-6-19-13/h4-5,8,11,16H,1-3,6-7,9-10H2,(H,17,18). The van der Waals surface area contributed by atoms with Crippen molar-refractivity contribution < 1.29 is 14.3 Å². The first-order valence-corrected chi connectivity index (χ1v) is 7.21. The lowest BCUT2D eigenvalue weighted by Gasteiger charge is -2.10. The number of rotatable bonds is 5. The van der Waals surface area contributed by atoms with E-state index in [0.29, 0.717) is 25.5 Å². The highest BCUT2D eigenvalue weighted by Crippen LogP contribution is 2.32. The summed E-state index contributed by atoms with van der Waals surface area (Å²) in [5.74, 6) is 2.19. The Balaban J connectivity index is 1.53. The maximum Gasteiger partial charge on any atom is 0.238 e. The van der Waals surface area contributed by atoms with E-state index >= 15 is 0 Å². The number of carbonyl (C=O) groups excluding carboxylic acids is 1. The zero-order valence-corrected chi connectivity index (χ0v) is 11.5. The Kier molecular flexibility index (Phi) is 4.06. The van der Waals surface area contributed by atoms with Gasteiger partial charge in [0.15, 0.2) is 11.5 Å². The second-order valence-corrected chi connectivity index (χ2v) is 5.33. The Bertz CT molecular complexity index is 486. The summed E-state index contributed by atoms with van der Waals surface area (Å²) in [7, 11) is 0. The fourth-order valence-corrected chi connectivity index (χ4v) is 2.16. The molecule has 3 rings (SSSR count). The third-order valence-corrected chi connectivity index (χ3v) is 3.45. The summed E-state index contributed by atoms with van der Waals surface area (Å²) in [6, 6.07) is 5.50. The van der Waals surface area contributed by atoms with Crippen molar-refractivity contribution in [3.63, 3.8) is 0 Å². The van der Waals surface area contributed by atoms with Crippen molar-refractivity contribution in [1.29, 1.82) is 0 Å². The minimum absolute atomic E-state index is 0.0276. The number of carbonyl (C=O) groups is 1. The van der Waals surface area contributed by atoms with E-state index in [1.165, 1.54) is 12.8 Å². The van der Waals surface area contributed by atoms with Crippen molar-refractivity contribution in [1.82, 2.24) is 5.32 Å². The molecule has 2 aliphatic rings. The number of benzene rings is 1. The normalized spacial score (nSPS) is 17.4. The van der Waals surface area contributed by atoms with Crippen molar-refractivity contribution in [2.75, 3.05) is 31.6 Å². The first-order valence-electron chi connectivity index (χ1n) is 7.21. The van der Waals surface area contributed by atoms with Crippen LogP contribution in [0.2, 0.25) is 0 Å². The van der Waals surface area contributed by atoms with Gasteiger partial charge in [-0.2, -0.15) is 0 Å². The van der Waals surface area contributed by atoms with Gasteiger partial charge in [-0.1, -0.05) is 0 Å². The van der Waals surface area contributed by atoms with Gasteiger partial charge >= 0.3 is 0 Å². The summed E-state index contributed by atoms with van der Waals surface area (Å²) in [4.78, 5) is 11.8. The maximum absolute atomic E-state index is 11.8. The number of hydrogen-bond acceptors (Lipinski definition) is 4. The summed E-state index contributed by atoms with van der Waals surface area (Å²) < 4.78 is 11.2. The third kappa shape index (κ3) is 3.63. The van der Waals surface area contributed by atoms with Crippen LogP contribution in [0.3, 0.4) is 0 Å². The van der Waals surface area contributed by atoms with Gasteiger partial charge in [0.25, 0.3) is 0 Å². The molecule has 1 heterocycles. The number of hydrogen-bond donors (Lipinski definition) is 2. The monoisotopic (exact) mass is 276 g/mol. The highest BCUT2D eigenvalue weighted by molar-refractivity contribution is 5.92. The van der Waals surface area contributed by atoms with Crippen molar-refractivity contribution in [2.45, 2.75) is 19.3 Å². The maximum atomic E-state index is 11.8. The van der Waals surface area contributed by atoms with Gasteiger partial charge in [-0.25, -0.2) is 0 Å². The molecular weight excluding hydrogens is 256 g/mol. The summed E-state index contributed by atoms with van der Waals surface area (Å²) >= 11 is 0. The molecule has 5 nitrogen and oxygen atoms in total. The lowest BCUT2D eigenvalue weighted by atomic mass is 10.2. The molecule has 1 aromatic rings. The van der Waals surface area contributed by atoms with Gasteiger partial charge < -0.3 is 20.1 Å². The van der Waals surface area contributed by atoms with Crippen molar-refractivity contribution in [2.24, 2.45) is 5.92 Å². The Morgan fingerprint density at radius 1 is 1.20 bits per heavy atom. The minimum Gasteiger partial charge on any atom is -0.490 e. The molecule has 1 aromatic carbocycles. The van der Waals surface area contributed by atoms with Crippen molar-refractivity contribution in [3.8, 4) is 11.5 Å². The van der Waals surface area contributed by atoms with Crippen LogP contribution in [-0.2, 0) is 4.79 Å². The Labute approximate surface area is 118 Å². The largest absolute Gasteiger partial charge is 0.490 e. The molecular formula is C15H20N2O3. The van der Waals surface area contributed by atoms with Crippen LogP contribution < -0.4 is 20.1 Å². The minimum atomic E-state index is -0.0276. The van der Waals surface area contributed by atoms with E-state index in [1.807, 2.05) is 18.2 Å². The predicted octanol–water partition coefficient (Wildman–Crippen LogP) is 1.79. The van der Waals surface area contributed by atoms with Crippen LogP contribution in [0, 0.1) is 5.92 Å². The summed E-state index contributed by atoms with van der Waals surface area (Å²) in [6.07, 6.45) is 3.45. The molecule has 1 amide bonds. The van der Waals surface area contributed by atoms with Gasteiger partial charge in [0, 0.05) is 18.2 Å². The average molecular weight is 276 g/mol. The van der Waals surface area contributed by atoms with Gasteiger partial charge in [0.05, 0.1) is 19.8 Å². The van der Waals surface area contributed by atoms with Crippen LogP contribution in [0.1, 0.15) is 19.3 Å². The Hall–Kier alpha value is -1.75. The smallest absolute Gasteiger partial charge is 0.238 e. The molecule has 0 unspecified atom stereocenters. The van der Waals surface area contributed by atoms with E-state index in [1.54, 1.807) is 0 Å². The van der Waals surface area contributed by atoms with E-state index in [-0.39, 0.29) is 5.91 Å². The van der Waals surface area contributed by atoms with E-state index in [2.05, 4.69) is 10.6 Å². The lowest BCUT2D eigenvalue weighted by Crippen LogP contribution is -2.29. The molecule has 0 saturated heterocycles. The van der Waals surface area contributed by atoms with E-state index in [0.717, 1.165) is 30.3 Å². The van der Waals surface area contributed by atoms with Crippen LogP contribution in [0.4, 0.5) is 5.69 Å². The number of ether oxygens (including phenoxy) is 2. The van der Waals surface area contributed by atoms with E-state index in [4.69, 9.17) is 9.47 Å². The number of amides is 1. The molecule has 0 aromatic heterocycles. The summed E-state index contributed by atoms with van der Waals surface area (Å²) in [6.45, 7) is 2.61. The van der Waals surface area contributed by atoms with Gasteiger partial charge in [0.2, 0.25) is 5.91 Å². The van der Waals surface area contributed by atoms with Gasteiger partial charge in [-0.05, 0) is 37.4 Å². The molecule has 0 spiro atoms. The third-order valence-electron chi connectivity index (χ3n) is 3.45. The van der Waals surface area contributed by atoms with Gasteiger partial charge in [-0.15, -0.1) is 0 Å². The SMILES string of the molecule is O=C(CNCC1CC1)Nc1ccc2c(c1)OCCCO2. The molecule has 108 valence electrons. The zero-order chi connectivity index (χ0) is 13.8. The summed E-state index contributed by atoms with van der Waals surface area (Å²) in [5, 5.41) is 6.04. The molecule has 0 bridgehead atoms. The quantitative estimate of drug-likeness (QED) is 0.860. The van der Waals surface area contributed by atoms with E-state index in [9.17, 15) is 4.79 Å². The lowest BCUT2D eigenvalue weighted by molar-refractivity contribution is -0.115. The molecule has 20 heavy (non-hydrogen) atoms. The predicted molar refractivity (Wildman–Crippen MR) is 76.3 cm³/mol. The van der Waals surface area contributed by atoms with Crippen molar-refractivity contribution >= 4 is 11.6 Å². The number of anilines is 1. The molecule has 1 aliphatic carbocycles. The van der Waals surface area contributed by atoms with Gasteiger partial charge in [-0.3, -0.25) is 4.79 Å². The topological polar surface area (TPSA) is 59.6 Å². The Morgan fingerprint density at radius 2 is 2.00 bits per heavy atom. The second-order valence-electron chi connectivity index (χ2n) is 5.33. The Morgan fingerprint density at radius 3 is 2.80 bits per heavy atom.